The first-order chi connectivity index (χ1) is 6.50. The van der Waals surface area contributed by atoms with Gasteiger partial charge in [-0.25, -0.2) is 0 Å². The summed E-state index contributed by atoms with van der Waals surface area (Å²) in [5.74, 6) is 1.46. The van der Waals surface area contributed by atoms with E-state index in [1.54, 1.807) is 0 Å². The van der Waals surface area contributed by atoms with Crippen LogP contribution < -0.4 is 0 Å². The molecule has 1 rings (SSSR count). The summed E-state index contributed by atoms with van der Waals surface area (Å²) < 4.78 is 0. The van der Waals surface area contributed by atoms with Crippen LogP contribution in [0.25, 0.3) is 0 Å². The molecule has 0 fully saturated rings. The van der Waals surface area contributed by atoms with Crippen LogP contribution in [0.15, 0.2) is 35.5 Å². The Morgan fingerprint density at radius 3 is 2.07 bits per heavy atom. The van der Waals surface area contributed by atoms with Crippen molar-refractivity contribution in [2.24, 2.45) is 11.8 Å². The average molecular weight is 190 g/mol. The lowest BCUT2D eigenvalue weighted by molar-refractivity contribution is 0.622. The van der Waals surface area contributed by atoms with Gasteiger partial charge in [-0.1, -0.05) is 46.4 Å². The summed E-state index contributed by atoms with van der Waals surface area (Å²) in [5, 5.41) is 0. The molecule has 0 aromatic heterocycles. The Labute approximate surface area is 88.4 Å². The summed E-state index contributed by atoms with van der Waals surface area (Å²) in [6, 6.07) is 0. The Hall–Kier alpha value is -0.780. The highest BCUT2D eigenvalue weighted by Gasteiger charge is 2.14. The summed E-state index contributed by atoms with van der Waals surface area (Å²) in [6.45, 7) is 13.2. The van der Waals surface area contributed by atoms with Crippen LogP contribution in [0.3, 0.4) is 0 Å². The normalized spacial score (nSPS) is 16.6. The molecule has 0 nitrogen and oxygen atoms in total. The molecule has 0 saturated carbocycles. The van der Waals surface area contributed by atoms with Crippen molar-refractivity contribution < 1.29 is 0 Å². The monoisotopic (exact) mass is 190 g/mol. The minimum absolute atomic E-state index is 0.726. The van der Waals surface area contributed by atoms with E-state index in [0.29, 0.717) is 0 Å². The third-order valence-corrected chi connectivity index (χ3v) is 2.50. The minimum Gasteiger partial charge on any atom is -0.0915 e. The Morgan fingerprint density at radius 2 is 1.57 bits per heavy atom. The van der Waals surface area contributed by atoms with Crippen molar-refractivity contribution in [2.75, 3.05) is 0 Å². The summed E-state index contributed by atoms with van der Waals surface area (Å²) >= 11 is 0. The zero-order valence-electron chi connectivity index (χ0n) is 9.93. The van der Waals surface area contributed by atoms with E-state index >= 15 is 0 Å². The summed E-state index contributed by atoms with van der Waals surface area (Å²) in [4.78, 5) is 0. The smallest absolute Gasteiger partial charge is 0.0247 e. The van der Waals surface area contributed by atoms with Crippen molar-refractivity contribution in [1.29, 1.82) is 0 Å². The molecule has 0 amide bonds. The van der Waals surface area contributed by atoms with E-state index < -0.39 is 0 Å². The molecule has 0 aromatic rings. The van der Waals surface area contributed by atoms with Gasteiger partial charge in [-0.15, -0.1) is 0 Å². The first-order valence-electron chi connectivity index (χ1n) is 5.60. The summed E-state index contributed by atoms with van der Waals surface area (Å²) in [7, 11) is 0. The Kier molecular flexibility index (Phi) is 3.74. The fourth-order valence-corrected chi connectivity index (χ4v) is 1.91. The van der Waals surface area contributed by atoms with Crippen LogP contribution in [0, 0.1) is 11.8 Å². The molecular weight excluding hydrogens is 168 g/mol. The quantitative estimate of drug-likeness (QED) is 0.612. The van der Waals surface area contributed by atoms with E-state index in [1.165, 1.54) is 29.6 Å². The Bertz CT molecular complexity index is 262. The van der Waals surface area contributed by atoms with E-state index in [1.807, 2.05) is 0 Å². The number of hydrogen-bond donors (Lipinski definition) is 0. The molecular formula is C14H22. The zero-order valence-corrected chi connectivity index (χ0v) is 9.93. The van der Waals surface area contributed by atoms with Gasteiger partial charge in [0.15, 0.2) is 0 Å². The molecule has 0 heteroatoms. The van der Waals surface area contributed by atoms with Gasteiger partial charge in [-0.05, 0) is 41.4 Å². The Morgan fingerprint density at radius 1 is 1.00 bits per heavy atom. The largest absolute Gasteiger partial charge is 0.0915 e. The molecule has 0 aromatic carbocycles. The second-order valence-corrected chi connectivity index (χ2v) is 5.06. The Balaban J connectivity index is 2.78. The highest BCUT2D eigenvalue weighted by atomic mass is 14.2. The zero-order chi connectivity index (χ0) is 10.7. The van der Waals surface area contributed by atoms with Crippen molar-refractivity contribution in [3.63, 3.8) is 0 Å². The van der Waals surface area contributed by atoms with Gasteiger partial charge in [0.1, 0.15) is 0 Å². The van der Waals surface area contributed by atoms with Crippen molar-refractivity contribution in [3.05, 3.63) is 35.5 Å². The third kappa shape index (κ3) is 2.87. The van der Waals surface area contributed by atoms with E-state index in [4.69, 9.17) is 0 Å². The standard InChI is InChI=1S/C14H22/c1-10(2)8-13-7-6-12(5)14(13)9-11(3)4/h6-7,10-11H,5,8-9H2,1-4H3. The van der Waals surface area contributed by atoms with E-state index in [9.17, 15) is 0 Å². The molecule has 78 valence electrons. The molecule has 0 unspecified atom stereocenters. The predicted octanol–water partition coefficient (Wildman–Crippen LogP) is 4.50. The van der Waals surface area contributed by atoms with Gasteiger partial charge in [-0.2, -0.15) is 0 Å². The van der Waals surface area contributed by atoms with Crippen LogP contribution in [0.4, 0.5) is 0 Å². The van der Waals surface area contributed by atoms with Gasteiger partial charge < -0.3 is 0 Å². The molecule has 0 heterocycles. The van der Waals surface area contributed by atoms with Crippen LogP contribution in [0.5, 0.6) is 0 Å². The summed E-state index contributed by atoms with van der Waals surface area (Å²) in [5.41, 5.74) is 4.24. The first-order valence-corrected chi connectivity index (χ1v) is 5.60. The van der Waals surface area contributed by atoms with Crippen LogP contribution in [-0.4, -0.2) is 0 Å². The van der Waals surface area contributed by atoms with Crippen molar-refractivity contribution >= 4 is 0 Å². The van der Waals surface area contributed by atoms with E-state index in [-0.39, 0.29) is 0 Å². The molecule has 1 aliphatic rings. The number of rotatable bonds is 4. The van der Waals surface area contributed by atoms with Crippen molar-refractivity contribution in [3.8, 4) is 0 Å². The molecule has 1 aliphatic carbocycles. The van der Waals surface area contributed by atoms with E-state index in [0.717, 1.165) is 11.8 Å². The van der Waals surface area contributed by atoms with Crippen LogP contribution in [0.2, 0.25) is 0 Å². The molecule has 0 radical (unpaired) electrons. The second-order valence-electron chi connectivity index (χ2n) is 5.06. The van der Waals surface area contributed by atoms with Crippen LogP contribution >= 0.6 is 0 Å². The van der Waals surface area contributed by atoms with Crippen LogP contribution in [0.1, 0.15) is 40.5 Å². The maximum Gasteiger partial charge on any atom is -0.0247 e. The minimum atomic E-state index is 0.726. The second kappa shape index (κ2) is 4.63. The van der Waals surface area contributed by atoms with Crippen molar-refractivity contribution in [2.45, 2.75) is 40.5 Å². The summed E-state index contributed by atoms with van der Waals surface area (Å²) in [6.07, 6.45) is 6.78. The van der Waals surface area contributed by atoms with Gasteiger partial charge in [0, 0.05) is 0 Å². The van der Waals surface area contributed by atoms with Gasteiger partial charge in [0.2, 0.25) is 0 Å². The fraction of sp³-hybridized carbons (Fsp3) is 0.571. The van der Waals surface area contributed by atoms with Gasteiger partial charge >= 0.3 is 0 Å². The van der Waals surface area contributed by atoms with Crippen LogP contribution in [-0.2, 0) is 0 Å². The van der Waals surface area contributed by atoms with E-state index in [2.05, 4.69) is 46.4 Å². The molecule has 0 atom stereocenters. The predicted molar refractivity (Wildman–Crippen MR) is 64.2 cm³/mol. The fourth-order valence-electron chi connectivity index (χ4n) is 1.91. The van der Waals surface area contributed by atoms with Crippen molar-refractivity contribution in [1.82, 2.24) is 0 Å². The highest BCUT2D eigenvalue weighted by molar-refractivity contribution is 5.52. The van der Waals surface area contributed by atoms with Gasteiger partial charge in [0.25, 0.3) is 0 Å². The average Bonchev–Trinajstić information content (AvgIpc) is 2.34. The molecule has 0 spiro atoms. The lowest BCUT2D eigenvalue weighted by Gasteiger charge is -2.12. The molecule has 0 N–H and O–H groups in total. The molecule has 0 bridgehead atoms. The maximum absolute atomic E-state index is 4.10. The maximum atomic E-state index is 4.10. The SMILES string of the molecule is C=C1C=CC(CC(C)C)=C1CC(C)C. The number of hydrogen-bond acceptors (Lipinski definition) is 0. The third-order valence-electron chi connectivity index (χ3n) is 2.50. The van der Waals surface area contributed by atoms with Gasteiger partial charge in [0.05, 0.1) is 0 Å². The molecule has 14 heavy (non-hydrogen) atoms. The lowest BCUT2D eigenvalue weighted by atomic mass is 9.93. The topological polar surface area (TPSA) is 0 Å². The first kappa shape index (κ1) is 11.3. The highest BCUT2D eigenvalue weighted by Crippen LogP contribution is 2.32. The van der Waals surface area contributed by atoms with Gasteiger partial charge in [-0.3, -0.25) is 0 Å². The lowest BCUT2D eigenvalue weighted by Crippen LogP contribution is -1.96. The molecule has 0 aliphatic heterocycles. The number of allylic oxidation sites excluding steroid dienone is 5. The molecule has 0 saturated heterocycles.